The second-order valence-corrected chi connectivity index (χ2v) is 8.92. The van der Waals surface area contributed by atoms with Gasteiger partial charge in [0.25, 0.3) is 0 Å². The van der Waals surface area contributed by atoms with Gasteiger partial charge in [-0.15, -0.1) is 0 Å². The van der Waals surface area contributed by atoms with Gasteiger partial charge in [0, 0.05) is 29.5 Å². The topological polar surface area (TPSA) is 42.3 Å². The van der Waals surface area contributed by atoms with Crippen LogP contribution in [0.1, 0.15) is 23.5 Å². The van der Waals surface area contributed by atoms with Crippen molar-refractivity contribution in [1.29, 1.82) is 0 Å². The quantitative estimate of drug-likeness (QED) is 0.306. The predicted octanol–water partition coefficient (Wildman–Crippen LogP) is 6.21. The van der Waals surface area contributed by atoms with Crippen LogP contribution in [0.15, 0.2) is 109 Å². The van der Waals surface area contributed by atoms with E-state index in [1.54, 1.807) is 7.11 Å². The summed E-state index contributed by atoms with van der Waals surface area (Å²) in [5, 5.41) is 6.64. The molecule has 0 spiro atoms. The van der Waals surface area contributed by atoms with E-state index >= 15 is 0 Å². The van der Waals surface area contributed by atoms with Gasteiger partial charge in [-0.1, -0.05) is 36.4 Å². The van der Waals surface area contributed by atoms with E-state index in [4.69, 9.17) is 17.0 Å². The van der Waals surface area contributed by atoms with Crippen molar-refractivity contribution >= 4 is 33.8 Å². The molecule has 3 aromatic carbocycles. The van der Waals surface area contributed by atoms with Crippen LogP contribution in [0.4, 0.5) is 5.69 Å². The molecule has 0 unspecified atom stereocenters. The number of anilines is 1. The third-order valence-corrected chi connectivity index (χ3v) is 6.86. The Morgan fingerprint density at radius 2 is 1.60 bits per heavy atom. The maximum Gasteiger partial charge on any atom is 0.174 e. The van der Waals surface area contributed by atoms with E-state index in [2.05, 4.69) is 80.6 Å². The highest BCUT2D eigenvalue weighted by atomic mass is 32.1. The zero-order chi connectivity index (χ0) is 23.8. The van der Waals surface area contributed by atoms with Crippen molar-refractivity contribution in [3.63, 3.8) is 0 Å². The molecule has 1 N–H and O–H groups in total. The summed E-state index contributed by atoms with van der Waals surface area (Å²) in [7, 11) is 1.67. The molecule has 1 fully saturated rings. The van der Waals surface area contributed by atoms with Gasteiger partial charge in [0.05, 0.1) is 18.8 Å². The first-order valence-corrected chi connectivity index (χ1v) is 11.9. The summed E-state index contributed by atoms with van der Waals surface area (Å²) < 4.78 is 7.63. The molecule has 2 atom stereocenters. The van der Waals surface area contributed by atoms with E-state index in [1.165, 1.54) is 10.8 Å². The molecule has 0 aliphatic carbocycles. The summed E-state index contributed by atoms with van der Waals surface area (Å²) in [6.45, 7) is 0. The van der Waals surface area contributed by atoms with Crippen molar-refractivity contribution in [1.82, 2.24) is 14.9 Å². The van der Waals surface area contributed by atoms with E-state index in [9.17, 15) is 0 Å². The zero-order valence-electron chi connectivity index (χ0n) is 19.2. The molecule has 2 aromatic heterocycles. The van der Waals surface area contributed by atoms with E-state index < -0.39 is 0 Å². The summed E-state index contributed by atoms with van der Waals surface area (Å²) in [6.07, 6.45) is 3.94. The fraction of sp³-hybridized carbons (Fsp3) is 0.103. The number of pyridine rings is 1. The van der Waals surface area contributed by atoms with Gasteiger partial charge >= 0.3 is 0 Å². The normalized spacial score (nSPS) is 17.5. The summed E-state index contributed by atoms with van der Waals surface area (Å²) in [5.74, 6) is 0.809. The Morgan fingerprint density at radius 1 is 0.829 bits per heavy atom. The maximum absolute atomic E-state index is 5.88. The summed E-state index contributed by atoms with van der Waals surface area (Å²) in [6, 6.07) is 33.1. The van der Waals surface area contributed by atoms with Crippen LogP contribution in [-0.4, -0.2) is 21.8 Å². The zero-order valence-corrected chi connectivity index (χ0v) is 20.0. The molecule has 1 saturated heterocycles. The Kier molecular flexibility index (Phi) is 5.43. The molecule has 6 rings (SSSR count). The Bertz CT molecular complexity index is 1500. The van der Waals surface area contributed by atoms with Gasteiger partial charge in [-0.05, 0) is 83.7 Å². The third kappa shape index (κ3) is 3.82. The molecule has 0 amide bonds. The molecule has 35 heavy (non-hydrogen) atoms. The highest BCUT2D eigenvalue weighted by Crippen LogP contribution is 2.42. The van der Waals surface area contributed by atoms with Crippen molar-refractivity contribution in [2.75, 3.05) is 12.0 Å². The van der Waals surface area contributed by atoms with Crippen molar-refractivity contribution in [3.8, 4) is 11.4 Å². The van der Waals surface area contributed by atoms with E-state index in [0.717, 1.165) is 28.5 Å². The number of benzene rings is 3. The van der Waals surface area contributed by atoms with Crippen molar-refractivity contribution in [3.05, 3.63) is 121 Å². The van der Waals surface area contributed by atoms with Gasteiger partial charge in [-0.25, -0.2) is 0 Å². The van der Waals surface area contributed by atoms with E-state index in [-0.39, 0.29) is 12.1 Å². The average molecular weight is 477 g/mol. The summed E-state index contributed by atoms with van der Waals surface area (Å²) >= 11 is 5.88. The molecular formula is C29H24N4OS. The number of rotatable bonds is 5. The lowest BCUT2D eigenvalue weighted by atomic mass is 10.0. The van der Waals surface area contributed by atoms with Crippen molar-refractivity contribution in [2.24, 2.45) is 0 Å². The number of nitrogens with zero attached hydrogens (tertiary/aromatic N) is 3. The van der Waals surface area contributed by atoms with E-state index in [0.29, 0.717) is 5.11 Å². The average Bonchev–Trinajstić information content (AvgIpc) is 3.53. The van der Waals surface area contributed by atoms with Crippen LogP contribution >= 0.6 is 12.2 Å². The molecule has 0 saturated carbocycles. The van der Waals surface area contributed by atoms with Crippen LogP contribution in [0, 0.1) is 0 Å². The Balaban J connectivity index is 1.50. The Hall–Kier alpha value is -4.16. The minimum atomic E-state index is -0.111. The first-order chi connectivity index (χ1) is 17.2. The molecule has 0 bridgehead atoms. The number of aromatic nitrogens is 2. The van der Waals surface area contributed by atoms with Crippen LogP contribution in [0.3, 0.4) is 0 Å². The second kappa shape index (κ2) is 8.89. The minimum Gasteiger partial charge on any atom is -0.497 e. The molecule has 0 radical (unpaired) electrons. The standard InChI is InChI=1S/C29H24N4OS/c1-34-24-15-13-22(14-16-24)33-28(27(31-29(33)35)25-9-4-5-17-30-25)26-10-6-18-32(26)23-12-11-20-7-2-3-8-21(20)19-23/h2-19,27-28H,1H3,(H,31,35)/t27-,28+/m0/s1. The molecule has 5 aromatic rings. The fourth-order valence-electron chi connectivity index (χ4n) is 4.87. The maximum atomic E-state index is 5.88. The largest absolute Gasteiger partial charge is 0.497 e. The van der Waals surface area contributed by atoms with Gasteiger partial charge < -0.3 is 19.5 Å². The number of hydrogen-bond acceptors (Lipinski definition) is 3. The highest BCUT2D eigenvalue weighted by molar-refractivity contribution is 7.80. The lowest BCUT2D eigenvalue weighted by Gasteiger charge is -2.29. The number of fused-ring (bicyclic) bond motifs is 1. The van der Waals surface area contributed by atoms with Crippen LogP contribution in [0.5, 0.6) is 5.75 Å². The molecule has 6 heteroatoms. The van der Waals surface area contributed by atoms with Gasteiger partial charge in [0.15, 0.2) is 5.11 Å². The van der Waals surface area contributed by atoms with Gasteiger partial charge in [0.2, 0.25) is 0 Å². The molecule has 3 heterocycles. The molecule has 1 aliphatic rings. The Labute approximate surface area is 209 Å². The molecular weight excluding hydrogens is 452 g/mol. The molecule has 172 valence electrons. The smallest absolute Gasteiger partial charge is 0.174 e. The van der Waals surface area contributed by atoms with Crippen molar-refractivity contribution in [2.45, 2.75) is 12.1 Å². The summed E-state index contributed by atoms with van der Waals surface area (Å²) in [4.78, 5) is 6.86. The van der Waals surface area contributed by atoms with E-state index in [1.807, 2.05) is 48.7 Å². The van der Waals surface area contributed by atoms with Crippen molar-refractivity contribution < 1.29 is 4.74 Å². The van der Waals surface area contributed by atoms with Gasteiger partial charge in [-0.2, -0.15) is 0 Å². The number of ether oxygens (including phenoxy) is 1. The summed E-state index contributed by atoms with van der Waals surface area (Å²) in [5.41, 5.74) is 4.18. The SMILES string of the molecule is COc1ccc(N2C(=S)N[C@@H](c3ccccn3)[C@H]2c2cccn2-c2ccc3ccccc3c2)cc1. The number of thiocarbonyl (C=S) groups is 1. The molecule has 1 aliphatic heterocycles. The minimum absolute atomic E-state index is 0.104. The van der Waals surface area contributed by atoms with Crippen LogP contribution in [0.2, 0.25) is 0 Å². The van der Waals surface area contributed by atoms with Crippen LogP contribution in [0.25, 0.3) is 16.5 Å². The van der Waals surface area contributed by atoms with Crippen LogP contribution in [-0.2, 0) is 0 Å². The lowest BCUT2D eigenvalue weighted by molar-refractivity contribution is 0.415. The predicted molar refractivity (Wildman–Crippen MR) is 144 cm³/mol. The number of methoxy groups -OCH3 is 1. The number of hydrogen-bond donors (Lipinski definition) is 1. The monoisotopic (exact) mass is 476 g/mol. The first-order valence-electron chi connectivity index (χ1n) is 11.5. The molecule has 5 nitrogen and oxygen atoms in total. The van der Waals surface area contributed by atoms with Gasteiger partial charge in [-0.3, -0.25) is 4.98 Å². The van der Waals surface area contributed by atoms with Crippen LogP contribution < -0.4 is 15.0 Å². The number of nitrogens with one attached hydrogen (secondary N) is 1. The van der Waals surface area contributed by atoms with Gasteiger partial charge in [0.1, 0.15) is 11.8 Å². The highest BCUT2D eigenvalue weighted by Gasteiger charge is 2.42. The second-order valence-electron chi connectivity index (χ2n) is 8.53. The lowest BCUT2D eigenvalue weighted by Crippen LogP contribution is -2.30. The third-order valence-electron chi connectivity index (χ3n) is 6.54. The Morgan fingerprint density at radius 3 is 2.37 bits per heavy atom. The fourth-order valence-corrected chi connectivity index (χ4v) is 5.22. The first kappa shape index (κ1) is 21.4.